The van der Waals surface area contributed by atoms with Crippen LogP contribution in [0.2, 0.25) is 0 Å². The lowest BCUT2D eigenvalue weighted by Gasteiger charge is -2.35. The van der Waals surface area contributed by atoms with E-state index in [9.17, 15) is 32.7 Å². The highest BCUT2D eigenvalue weighted by Gasteiger charge is 2.40. The summed E-state index contributed by atoms with van der Waals surface area (Å²) in [6.45, 7) is 3.65. The van der Waals surface area contributed by atoms with Crippen molar-refractivity contribution in [2.45, 2.75) is 70.0 Å². The van der Waals surface area contributed by atoms with E-state index in [0.29, 0.717) is 16.7 Å². The maximum Gasteiger partial charge on any atom is 0.408 e. The fourth-order valence-electron chi connectivity index (χ4n) is 5.10. The Kier molecular flexibility index (Phi) is 14.5. The Morgan fingerprint density at radius 1 is 0.880 bits per heavy atom. The number of esters is 1. The van der Waals surface area contributed by atoms with Gasteiger partial charge in [0.25, 0.3) is 10.2 Å². The first-order valence-corrected chi connectivity index (χ1v) is 17.3. The molecule has 3 aromatic rings. The lowest BCUT2D eigenvalue weighted by atomic mass is 9.99. The maximum atomic E-state index is 13.9. The van der Waals surface area contributed by atoms with Gasteiger partial charge in [0.05, 0.1) is 25.7 Å². The molecule has 0 aromatic heterocycles. The Morgan fingerprint density at radius 2 is 1.42 bits per heavy atom. The molecule has 0 spiro atoms. The number of hydrogen-bond acceptors (Lipinski definition) is 9. The number of nitrogens with two attached hydrogens (primary N) is 1. The molecule has 0 bridgehead atoms. The van der Waals surface area contributed by atoms with Crippen LogP contribution >= 0.6 is 0 Å². The number of aliphatic hydroxyl groups excluding tert-OH is 1. The molecule has 0 aliphatic rings. The first-order chi connectivity index (χ1) is 23.6. The normalized spacial score (nSPS) is 14.1. The van der Waals surface area contributed by atoms with Crippen LogP contribution < -0.4 is 21.1 Å². The number of carbonyl (C=O) groups is 4. The van der Waals surface area contributed by atoms with Crippen LogP contribution in [0.1, 0.15) is 49.9 Å². The van der Waals surface area contributed by atoms with E-state index in [1.807, 2.05) is 0 Å². The Bertz CT molecular complexity index is 1680. The Balaban J connectivity index is 1.91. The Morgan fingerprint density at radius 3 is 1.96 bits per heavy atom. The second-order valence-electron chi connectivity index (χ2n) is 12.2. The van der Waals surface area contributed by atoms with Gasteiger partial charge in [-0.25, -0.2) is 4.79 Å². The van der Waals surface area contributed by atoms with Gasteiger partial charge in [0.1, 0.15) is 18.2 Å². The largest absolute Gasteiger partial charge is 0.468 e. The minimum atomic E-state index is -4.51. The van der Waals surface area contributed by atoms with Gasteiger partial charge in [0.2, 0.25) is 11.8 Å². The number of aliphatic hydroxyl groups is 1. The van der Waals surface area contributed by atoms with E-state index in [1.54, 1.807) is 97.9 Å². The van der Waals surface area contributed by atoms with Gasteiger partial charge in [-0.15, -0.1) is 0 Å². The van der Waals surface area contributed by atoms with Crippen LogP contribution in [0.25, 0.3) is 0 Å². The van der Waals surface area contributed by atoms with Crippen LogP contribution in [0, 0.1) is 0 Å². The highest BCUT2D eigenvalue weighted by molar-refractivity contribution is 7.87. The van der Waals surface area contributed by atoms with Gasteiger partial charge in [-0.3, -0.25) is 14.4 Å². The molecule has 50 heavy (non-hydrogen) atoms. The molecule has 0 saturated carbocycles. The number of nitrogens with zero attached hydrogens (tertiary/aromatic N) is 1. The van der Waals surface area contributed by atoms with Gasteiger partial charge in [-0.05, 0) is 43.9 Å². The minimum Gasteiger partial charge on any atom is -0.468 e. The van der Waals surface area contributed by atoms with E-state index in [2.05, 4.69) is 15.4 Å². The summed E-state index contributed by atoms with van der Waals surface area (Å²) in [6, 6.07) is 22.8. The summed E-state index contributed by atoms with van der Waals surface area (Å²) in [4.78, 5) is 50.6. The summed E-state index contributed by atoms with van der Waals surface area (Å²) in [5, 5.41) is 16.7. The Labute approximate surface area is 292 Å². The molecule has 14 nitrogen and oxygen atoms in total. The number of primary amides is 1. The fraction of sp³-hybridized carbons (Fsp3) is 0.371. The zero-order valence-electron chi connectivity index (χ0n) is 28.4. The first-order valence-electron chi connectivity index (χ1n) is 15.8. The second kappa shape index (κ2) is 18.2. The molecule has 0 aliphatic carbocycles. The highest BCUT2D eigenvalue weighted by Crippen LogP contribution is 2.25. The van der Waals surface area contributed by atoms with Crippen LogP contribution in [0.4, 0.5) is 4.79 Å². The van der Waals surface area contributed by atoms with Crippen molar-refractivity contribution in [2.75, 3.05) is 13.7 Å². The third-order valence-corrected chi connectivity index (χ3v) is 9.64. The number of methoxy groups -OCH3 is 1. The van der Waals surface area contributed by atoms with Crippen molar-refractivity contribution in [3.05, 3.63) is 108 Å². The molecule has 0 aliphatic heterocycles. The van der Waals surface area contributed by atoms with Crippen molar-refractivity contribution in [2.24, 2.45) is 5.73 Å². The molecule has 0 saturated heterocycles. The minimum absolute atomic E-state index is 0.0319. The zero-order chi connectivity index (χ0) is 36.9. The van der Waals surface area contributed by atoms with Gasteiger partial charge in [-0.1, -0.05) is 91.0 Å². The van der Waals surface area contributed by atoms with Crippen LogP contribution in [0.15, 0.2) is 91.0 Å². The van der Waals surface area contributed by atoms with E-state index in [0.717, 1.165) is 11.4 Å². The quantitative estimate of drug-likeness (QED) is 0.122. The van der Waals surface area contributed by atoms with Crippen molar-refractivity contribution in [3.8, 4) is 0 Å². The van der Waals surface area contributed by atoms with Gasteiger partial charge in [0.15, 0.2) is 0 Å². The summed E-state index contributed by atoms with van der Waals surface area (Å²) in [5.41, 5.74) is 5.69. The van der Waals surface area contributed by atoms with E-state index >= 15 is 0 Å². The first kappa shape index (κ1) is 39.6. The van der Waals surface area contributed by atoms with Crippen molar-refractivity contribution in [3.63, 3.8) is 0 Å². The molecule has 6 N–H and O–H groups in total. The molecule has 0 radical (unpaired) electrons. The van der Waals surface area contributed by atoms with Crippen molar-refractivity contribution >= 4 is 34.1 Å². The average Bonchev–Trinajstić information content (AvgIpc) is 3.08. The topological polar surface area (TPSA) is 206 Å². The van der Waals surface area contributed by atoms with Gasteiger partial charge in [-0.2, -0.15) is 17.4 Å². The van der Waals surface area contributed by atoms with Gasteiger partial charge in [0, 0.05) is 12.6 Å². The molecule has 0 fully saturated rings. The van der Waals surface area contributed by atoms with Crippen molar-refractivity contribution < 1.29 is 42.2 Å². The number of amides is 3. The summed E-state index contributed by atoms with van der Waals surface area (Å²) in [7, 11) is -3.38. The summed E-state index contributed by atoms with van der Waals surface area (Å²) in [5.74, 6) is -2.59. The van der Waals surface area contributed by atoms with Crippen LogP contribution in [-0.4, -0.2) is 79.1 Å². The van der Waals surface area contributed by atoms with E-state index < -0.39 is 76.8 Å². The molecule has 0 heterocycles. The van der Waals surface area contributed by atoms with E-state index in [4.69, 9.17) is 15.2 Å². The molecule has 15 heteroatoms. The Hall–Kier alpha value is -4.83. The highest BCUT2D eigenvalue weighted by atomic mass is 32.2. The number of benzene rings is 3. The predicted molar refractivity (Wildman–Crippen MR) is 185 cm³/mol. The SMILES string of the molecule is COC(=O)C(C)(C)NS(=O)(=O)N(C[C@@H](O)[C@H](Cc1ccccc1)NC(=O)[C@H](CC(N)=O)NC(=O)OCc1ccccc1)C(C)c1ccccc1. The van der Waals surface area contributed by atoms with Crippen LogP contribution in [0.3, 0.4) is 0 Å². The predicted octanol–water partition coefficient (Wildman–Crippen LogP) is 2.09. The molecule has 1 unspecified atom stereocenters. The second-order valence-corrected chi connectivity index (χ2v) is 13.8. The van der Waals surface area contributed by atoms with Gasteiger partial charge < -0.3 is 30.9 Å². The number of rotatable bonds is 18. The number of alkyl carbamates (subject to hydrolysis) is 1. The molecule has 3 amide bonds. The fourth-order valence-corrected chi connectivity index (χ4v) is 6.84. The summed E-state index contributed by atoms with van der Waals surface area (Å²) >= 11 is 0. The third-order valence-electron chi connectivity index (χ3n) is 7.79. The lowest BCUT2D eigenvalue weighted by molar-refractivity contribution is -0.146. The van der Waals surface area contributed by atoms with Gasteiger partial charge >= 0.3 is 12.1 Å². The summed E-state index contributed by atoms with van der Waals surface area (Å²) < 4.78 is 41.2. The van der Waals surface area contributed by atoms with E-state index in [-0.39, 0.29) is 13.0 Å². The standard InChI is InChI=1S/C35H45N5O9S/c1-24(27-18-12-7-13-19-27)40(50(46,47)39-35(2,3)33(44)48-4)22-30(41)28(20-25-14-8-5-9-15-25)37-32(43)29(21-31(36)42)38-34(45)49-23-26-16-10-6-11-17-26/h5-19,24,28-30,39,41H,20-23H2,1-4H3,(H2,36,42)(H,37,43)(H,38,45)/t24?,28-,29-,30+/m0/s1. The molecule has 3 rings (SSSR count). The van der Waals surface area contributed by atoms with Crippen molar-refractivity contribution in [1.82, 2.24) is 19.7 Å². The number of carbonyl (C=O) groups excluding carboxylic acids is 4. The molecular formula is C35H45N5O9S. The molecule has 270 valence electrons. The number of ether oxygens (including phenoxy) is 2. The summed E-state index contributed by atoms with van der Waals surface area (Å²) in [6.07, 6.45) is -3.09. The number of nitrogens with one attached hydrogen (secondary N) is 3. The van der Waals surface area contributed by atoms with E-state index in [1.165, 1.54) is 13.8 Å². The lowest BCUT2D eigenvalue weighted by Crippen LogP contribution is -2.59. The molecule has 3 aromatic carbocycles. The maximum absolute atomic E-state index is 13.9. The van der Waals surface area contributed by atoms with Crippen LogP contribution in [0.5, 0.6) is 0 Å². The molecular weight excluding hydrogens is 666 g/mol. The average molecular weight is 712 g/mol. The molecule has 4 atom stereocenters. The third kappa shape index (κ3) is 11.9. The number of hydrogen-bond donors (Lipinski definition) is 5. The van der Waals surface area contributed by atoms with Crippen molar-refractivity contribution in [1.29, 1.82) is 0 Å². The smallest absolute Gasteiger partial charge is 0.408 e. The monoisotopic (exact) mass is 711 g/mol. The zero-order valence-corrected chi connectivity index (χ0v) is 29.3. The van der Waals surface area contributed by atoms with Crippen LogP contribution in [-0.2, 0) is 47.1 Å².